The van der Waals surface area contributed by atoms with Gasteiger partial charge in [-0.05, 0) is 12.8 Å². The average molecular weight is 385 g/mol. The summed E-state index contributed by atoms with van der Waals surface area (Å²) in [6.45, 7) is 12.5. The van der Waals surface area contributed by atoms with Gasteiger partial charge in [-0.3, -0.25) is 0 Å². The summed E-state index contributed by atoms with van der Waals surface area (Å²) < 4.78 is 11.8. The van der Waals surface area contributed by atoms with Crippen molar-refractivity contribution in [3.8, 4) is 0 Å². The van der Waals surface area contributed by atoms with Gasteiger partial charge in [0.1, 0.15) is 0 Å². The molecule has 0 aliphatic heterocycles. The van der Waals surface area contributed by atoms with Crippen LogP contribution in [0, 0.1) is 5.41 Å². The smallest absolute Gasteiger partial charge is 0.0539 e. The Kier molecular flexibility index (Phi) is 20.6. The van der Waals surface area contributed by atoms with Gasteiger partial charge in [-0.15, -0.1) is 0 Å². The van der Waals surface area contributed by atoms with Crippen LogP contribution in [0.1, 0.15) is 130 Å². The summed E-state index contributed by atoms with van der Waals surface area (Å²) in [6, 6.07) is 0. The van der Waals surface area contributed by atoms with E-state index in [-0.39, 0.29) is 5.41 Å². The second-order valence-electron chi connectivity index (χ2n) is 9.22. The molecule has 0 aliphatic rings. The Morgan fingerprint density at radius 3 is 1.07 bits per heavy atom. The summed E-state index contributed by atoms with van der Waals surface area (Å²) >= 11 is 0. The van der Waals surface area contributed by atoms with Crippen LogP contribution in [0.2, 0.25) is 0 Å². The number of hydrogen-bond acceptors (Lipinski definition) is 2. The molecule has 0 aromatic rings. The Bertz CT molecular complexity index is 249. The Morgan fingerprint density at radius 1 is 0.444 bits per heavy atom. The third-order valence-electron chi connectivity index (χ3n) is 5.27. The van der Waals surface area contributed by atoms with Crippen LogP contribution in [0.5, 0.6) is 0 Å². The number of rotatable bonds is 22. The van der Waals surface area contributed by atoms with Gasteiger partial charge < -0.3 is 9.47 Å². The summed E-state index contributed by atoms with van der Waals surface area (Å²) in [6.07, 6.45) is 21.8. The minimum absolute atomic E-state index is 0.139. The van der Waals surface area contributed by atoms with Crippen LogP contribution in [0.15, 0.2) is 0 Å². The first kappa shape index (κ1) is 26.9. The molecule has 0 amide bonds. The summed E-state index contributed by atoms with van der Waals surface area (Å²) in [4.78, 5) is 0. The largest absolute Gasteiger partial charge is 0.381 e. The van der Waals surface area contributed by atoms with Crippen molar-refractivity contribution in [3.63, 3.8) is 0 Å². The fraction of sp³-hybridized carbons (Fsp3) is 1.00. The van der Waals surface area contributed by atoms with E-state index < -0.39 is 0 Å². The first-order valence-electron chi connectivity index (χ1n) is 12.3. The summed E-state index contributed by atoms with van der Waals surface area (Å²) in [5, 5.41) is 0. The van der Waals surface area contributed by atoms with Crippen LogP contribution in [0.25, 0.3) is 0 Å². The topological polar surface area (TPSA) is 18.5 Å². The highest BCUT2D eigenvalue weighted by Crippen LogP contribution is 2.17. The number of ether oxygens (including phenoxy) is 2. The molecule has 0 rings (SSSR count). The molecule has 0 unspecified atom stereocenters. The first-order chi connectivity index (χ1) is 13.1. The van der Waals surface area contributed by atoms with Crippen molar-refractivity contribution in [2.24, 2.45) is 5.41 Å². The molecule has 0 aromatic carbocycles. The molecule has 0 N–H and O–H groups in total. The molecule has 0 aliphatic carbocycles. The van der Waals surface area contributed by atoms with E-state index in [1.165, 1.54) is 103 Å². The van der Waals surface area contributed by atoms with Gasteiger partial charge in [-0.1, -0.05) is 118 Å². The molecule has 0 saturated carbocycles. The Balaban J connectivity index is 3.31. The maximum Gasteiger partial charge on any atom is 0.0539 e. The highest BCUT2D eigenvalue weighted by atomic mass is 16.5. The number of unbranched alkanes of at least 4 members (excludes halogenated alkanes) is 14. The van der Waals surface area contributed by atoms with Gasteiger partial charge in [-0.25, -0.2) is 0 Å². The molecule has 0 aromatic heterocycles. The van der Waals surface area contributed by atoms with Crippen molar-refractivity contribution in [2.45, 2.75) is 130 Å². The SMILES string of the molecule is CCCCCCCCCCOCC(C)(C)COCCCCCCCCCC. The Labute approximate surface area is 172 Å². The van der Waals surface area contributed by atoms with E-state index in [1.54, 1.807) is 0 Å². The standard InChI is InChI=1S/C25H52O2/c1-5-7-9-11-13-15-17-19-21-26-23-25(3,4)24-27-22-20-18-16-14-12-10-8-6-2/h5-24H2,1-4H3. The predicted molar refractivity (Wildman–Crippen MR) is 121 cm³/mol. The third-order valence-corrected chi connectivity index (χ3v) is 5.27. The maximum absolute atomic E-state index is 5.91. The summed E-state index contributed by atoms with van der Waals surface area (Å²) in [5.74, 6) is 0. The summed E-state index contributed by atoms with van der Waals surface area (Å²) in [5.41, 5.74) is 0.139. The second kappa shape index (κ2) is 20.6. The molecule has 2 nitrogen and oxygen atoms in total. The average Bonchev–Trinajstić information content (AvgIpc) is 2.64. The zero-order valence-electron chi connectivity index (χ0n) is 19.5. The van der Waals surface area contributed by atoms with Gasteiger partial charge in [0, 0.05) is 18.6 Å². The van der Waals surface area contributed by atoms with Crippen LogP contribution in [0.3, 0.4) is 0 Å². The highest BCUT2D eigenvalue weighted by molar-refractivity contribution is 4.66. The fourth-order valence-corrected chi connectivity index (χ4v) is 3.41. The van der Waals surface area contributed by atoms with Crippen molar-refractivity contribution in [1.82, 2.24) is 0 Å². The molecule has 0 bridgehead atoms. The Hall–Kier alpha value is -0.0800. The fourth-order valence-electron chi connectivity index (χ4n) is 3.41. The number of hydrogen-bond donors (Lipinski definition) is 0. The van der Waals surface area contributed by atoms with Crippen molar-refractivity contribution in [1.29, 1.82) is 0 Å². The second-order valence-corrected chi connectivity index (χ2v) is 9.22. The Morgan fingerprint density at radius 2 is 0.741 bits per heavy atom. The van der Waals surface area contributed by atoms with E-state index in [9.17, 15) is 0 Å². The lowest BCUT2D eigenvalue weighted by Gasteiger charge is -2.24. The zero-order chi connectivity index (χ0) is 20.1. The quantitative estimate of drug-likeness (QED) is 0.175. The molecule has 0 spiro atoms. The molecular formula is C25H52O2. The van der Waals surface area contributed by atoms with Crippen LogP contribution in [-0.4, -0.2) is 26.4 Å². The van der Waals surface area contributed by atoms with Crippen molar-refractivity contribution >= 4 is 0 Å². The minimum Gasteiger partial charge on any atom is -0.381 e. The van der Waals surface area contributed by atoms with Crippen molar-refractivity contribution < 1.29 is 9.47 Å². The predicted octanol–water partition coefficient (Wildman–Crippen LogP) is 8.33. The van der Waals surface area contributed by atoms with Gasteiger partial charge in [0.2, 0.25) is 0 Å². The molecule has 0 atom stereocenters. The molecule has 0 heterocycles. The van der Waals surface area contributed by atoms with E-state index in [4.69, 9.17) is 9.47 Å². The lowest BCUT2D eigenvalue weighted by atomic mass is 9.96. The van der Waals surface area contributed by atoms with Gasteiger partial charge in [0.25, 0.3) is 0 Å². The van der Waals surface area contributed by atoms with Gasteiger partial charge >= 0.3 is 0 Å². The van der Waals surface area contributed by atoms with Crippen molar-refractivity contribution in [3.05, 3.63) is 0 Å². The molecule has 0 radical (unpaired) electrons. The van der Waals surface area contributed by atoms with Crippen LogP contribution in [0.4, 0.5) is 0 Å². The lowest BCUT2D eigenvalue weighted by Crippen LogP contribution is -2.26. The highest BCUT2D eigenvalue weighted by Gasteiger charge is 2.18. The van der Waals surface area contributed by atoms with Crippen LogP contribution >= 0.6 is 0 Å². The van der Waals surface area contributed by atoms with Crippen molar-refractivity contribution in [2.75, 3.05) is 26.4 Å². The summed E-state index contributed by atoms with van der Waals surface area (Å²) in [7, 11) is 0. The normalized spacial score (nSPS) is 12.0. The molecule has 27 heavy (non-hydrogen) atoms. The van der Waals surface area contributed by atoms with E-state index in [0.29, 0.717) is 0 Å². The molecule has 0 saturated heterocycles. The lowest BCUT2D eigenvalue weighted by molar-refractivity contribution is -0.00512. The zero-order valence-corrected chi connectivity index (χ0v) is 19.5. The first-order valence-corrected chi connectivity index (χ1v) is 12.3. The molecule has 2 heteroatoms. The van der Waals surface area contributed by atoms with E-state index >= 15 is 0 Å². The third kappa shape index (κ3) is 22.1. The maximum atomic E-state index is 5.91. The van der Waals surface area contributed by atoms with Crippen LogP contribution < -0.4 is 0 Å². The molecule has 164 valence electrons. The molecular weight excluding hydrogens is 332 g/mol. The van der Waals surface area contributed by atoms with E-state index in [0.717, 1.165) is 26.4 Å². The van der Waals surface area contributed by atoms with E-state index in [1.807, 2.05) is 0 Å². The van der Waals surface area contributed by atoms with Gasteiger partial charge in [0.15, 0.2) is 0 Å². The monoisotopic (exact) mass is 384 g/mol. The van der Waals surface area contributed by atoms with E-state index in [2.05, 4.69) is 27.7 Å². The molecule has 0 fully saturated rings. The van der Waals surface area contributed by atoms with Gasteiger partial charge in [0.05, 0.1) is 13.2 Å². The van der Waals surface area contributed by atoms with Gasteiger partial charge in [-0.2, -0.15) is 0 Å². The van der Waals surface area contributed by atoms with Crippen LogP contribution in [-0.2, 0) is 9.47 Å². The minimum atomic E-state index is 0.139.